The summed E-state index contributed by atoms with van der Waals surface area (Å²) in [7, 11) is 1.76. The fourth-order valence-electron chi connectivity index (χ4n) is 4.40. The summed E-state index contributed by atoms with van der Waals surface area (Å²) >= 11 is 0. The van der Waals surface area contributed by atoms with Gasteiger partial charge in [-0.2, -0.15) is 0 Å². The second-order valence-electron chi connectivity index (χ2n) is 8.01. The van der Waals surface area contributed by atoms with Crippen LogP contribution in [0.5, 0.6) is 0 Å². The highest BCUT2D eigenvalue weighted by molar-refractivity contribution is 6.08. The summed E-state index contributed by atoms with van der Waals surface area (Å²) in [6.07, 6.45) is 2.48. The number of nitrogens with zero attached hydrogens (tertiary/aromatic N) is 5. The van der Waals surface area contributed by atoms with Gasteiger partial charge in [0.1, 0.15) is 0 Å². The lowest BCUT2D eigenvalue weighted by atomic mass is 10.1. The molecule has 2 saturated heterocycles. The van der Waals surface area contributed by atoms with Gasteiger partial charge in [0.25, 0.3) is 5.91 Å². The third-order valence-corrected chi connectivity index (χ3v) is 6.02. The number of unbranched alkanes of at least 4 members (excludes halogenated alkanes) is 2. The van der Waals surface area contributed by atoms with Gasteiger partial charge in [-0.25, -0.2) is 9.79 Å². The number of aliphatic imine (C=N–C) groups is 1. The maximum absolute atomic E-state index is 13.2. The van der Waals surface area contributed by atoms with Gasteiger partial charge in [0, 0.05) is 32.4 Å². The predicted octanol–water partition coefficient (Wildman–Crippen LogP) is 2.57. The molecule has 3 heterocycles. The molecule has 0 aliphatic carbocycles. The minimum Gasteiger partial charge on any atom is -0.325 e. The molecule has 2 unspecified atom stereocenters. The summed E-state index contributed by atoms with van der Waals surface area (Å²) in [6.45, 7) is 8.32. The number of imide groups is 1. The molecule has 0 N–H and O–H groups in total. The number of carbonyl (C=O) groups is 2. The van der Waals surface area contributed by atoms with Crippen LogP contribution in [-0.2, 0) is 4.79 Å². The zero-order valence-corrected chi connectivity index (χ0v) is 17.2. The lowest BCUT2D eigenvalue weighted by Gasteiger charge is -2.40. The van der Waals surface area contributed by atoms with Crippen LogP contribution >= 0.6 is 0 Å². The molecule has 150 valence electrons. The summed E-state index contributed by atoms with van der Waals surface area (Å²) in [5.74, 6) is 0.706. The Labute approximate surface area is 166 Å². The molecule has 2 atom stereocenters. The maximum Gasteiger partial charge on any atom is 0.328 e. The standard InChI is InChI=1S/C21H29N5O2/c1-5-6-7-10-26-19(27)17-18(23(4)21(26)28)22-20-24(11-12-25(17)20)16-13-14(2)8-9-15(16)3/h8-9,13,17-18H,5-7,10-12H2,1-4H3. The first-order chi connectivity index (χ1) is 13.4. The Morgan fingerprint density at radius 2 is 1.93 bits per heavy atom. The second kappa shape index (κ2) is 7.11. The number of guanidine groups is 1. The Hall–Kier alpha value is -2.57. The smallest absolute Gasteiger partial charge is 0.325 e. The molecule has 3 aliphatic rings. The van der Waals surface area contributed by atoms with Crippen molar-refractivity contribution in [2.24, 2.45) is 4.99 Å². The monoisotopic (exact) mass is 383 g/mol. The molecular formula is C21H29N5O2. The van der Waals surface area contributed by atoms with E-state index >= 15 is 0 Å². The van der Waals surface area contributed by atoms with E-state index < -0.39 is 12.2 Å². The van der Waals surface area contributed by atoms with Crippen molar-refractivity contribution in [1.82, 2.24) is 14.7 Å². The second-order valence-corrected chi connectivity index (χ2v) is 8.01. The van der Waals surface area contributed by atoms with Gasteiger partial charge in [0.15, 0.2) is 12.2 Å². The number of urea groups is 1. The third-order valence-electron chi connectivity index (χ3n) is 6.02. The topological polar surface area (TPSA) is 59.5 Å². The first-order valence-corrected chi connectivity index (χ1v) is 10.2. The fourth-order valence-corrected chi connectivity index (χ4v) is 4.40. The number of carbonyl (C=O) groups excluding carboxylic acids is 2. The first-order valence-electron chi connectivity index (χ1n) is 10.2. The van der Waals surface area contributed by atoms with E-state index in [2.05, 4.69) is 48.8 Å². The number of likely N-dealkylation sites (N-methyl/N-ethyl adjacent to an activating group) is 1. The highest BCUT2D eigenvalue weighted by atomic mass is 16.2. The Morgan fingerprint density at radius 1 is 1.14 bits per heavy atom. The summed E-state index contributed by atoms with van der Waals surface area (Å²) in [4.78, 5) is 38.2. The van der Waals surface area contributed by atoms with E-state index in [1.54, 1.807) is 11.9 Å². The zero-order valence-electron chi connectivity index (χ0n) is 17.2. The van der Waals surface area contributed by atoms with Gasteiger partial charge in [-0.15, -0.1) is 0 Å². The fraction of sp³-hybridized carbons (Fsp3) is 0.571. The summed E-state index contributed by atoms with van der Waals surface area (Å²) in [5, 5.41) is 0. The van der Waals surface area contributed by atoms with Crippen LogP contribution in [0.2, 0.25) is 0 Å². The van der Waals surface area contributed by atoms with Crippen LogP contribution in [0.4, 0.5) is 10.5 Å². The maximum atomic E-state index is 13.2. The minimum absolute atomic E-state index is 0.106. The van der Waals surface area contributed by atoms with Crippen molar-refractivity contribution in [3.05, 3.63) is 29.3 Å². The predicted molar refractivity (Wildman–Crippen MR) is 109 cm³/mol. The summed E-state index contributed by atoms with van der Waals surface area (Å²) < 4.78 is 0. The molecule has 1 aromatic rings. The molecule has 0 radical (unpaired) electrons. The SMILES string of the molecule is CCCCCN1C(=O)C2C(N=C3N(c4cc(C)ccc4C)CCN32)N(C)C1=O. The van der Waals surface area contributed by atoms with Crippen LogP contribution in [0.15, 0.2) is 23.2 Å². The summed E-state index contributed by atoms with van der Waals surface area (Å²) in [5.41, 5.74) is 3.50. The number of anilines is 1. The van der Waals surface area contributed by atoms with Crippen molar-refractivity contribution in [2.45, 2.75) is 52.2 Å². The number of benzene rings is 1. The number of amides is 3. The number of rotatable bonds is 5. The van der Waals surface area contributed by atoms with Crippen LogP contribution in [0.25, 0.3) is 0 Å². The average Bonchev–Trinajstić information content (AvgIpc) is 3.24. The Morgan fingerprint density at radius 3 is 2.68 bits per heavy atom. The lowest BCUT2D eigenvalue weighted by molar-refractivity contribution is -0.137. The quantitative estimate of drug-likeness (QED) is 0.734. The van der Waals surface area contributed by atoms with E-state index in [4.69, 9.17) is 4.99 Å². The van der Waals surface area contributed by atoms with Crippen LogP contribution in [0.3, 0.4) is 0 Å². The molecule has 0 spiro atoms. The minimum atomic E-state index is -0.439. The largest absolute Gasteiger partial charge is 0.328 e. The van der Waals surface area contributed by atoms with E-state index in [0.717, 1.165) is 44.0 Å². The van der Waals surface area contributed by atoms with E-state index in [9.17, 15) is 9.59 Å². The molecular weight excluding hydrogens is 354 g/mol. The molecule has 0 aromatic heterocycles. The average molecular weight is 383 g/mol. The number of hydrogen-bond acceptors (Lipinski definition) is 5. The molecule has 0 saturated carbocycles. The van der Waals surface area contributed by atoms with Crippen molar-refractivity contribution in [3.8, 4) is 0 Å². The molecule has 28 heavy (non-hydrogen) atoms. The van der Waals surface area contributed by atoms with Gasteiger partial charge in [-0.05, 0) is 37.5 Å². The third kappa shape index (κ3) is 2.84. The van der Waals surface area contributed by atoms with Crippen molar-refractivity contribution in [1.29, 1.82) is 0 Å². The molecule has 7 heteroatoms. The first kappa shape index (κ1) is 18.8. The Bertz CT molecular complexity index is 836. The van der Waals surface area contributed by atoms with Gasteiger partial charge in [-0.1, -0.05) is 31.9 Å². The molecule has 3 aliphatic heterocycles. The van der Waals surface area contributed by atoms with Crippen LogP contribution in [0.1, 0.15) is 37.3 Å². The van der Waals surface area contributed by atoms with Gasteiger partial charge in [0.05, 0.1) is 0 Å². The number of fused-ring (bicyclic) bond motifs is 3. The molecule has 4 rings (SSSR count). The van der Waals surface area contributed by atoms with Crippen molar-refractivity contribution < 1.29 is 9.59 Å². The number of aryl methyl sites for hydroxylation is 2. The molecule has 3 amide bonds. The van der Waals surface area contributed by atoms with Crippen molar-refractivity contribution in [2.75, 3.05) is 31.6 Å². The van der Waals surface area contributed by atoms with Gasteiger partial charge >= 0.3 is 6.03 Å². The normalized spacial score (nSPS) is 24.1. The van der Waals surface area contributed by atoms with E-state index in [-0.39, 0.29) is 11.9 Å². The zero-order chi connectivity index (χ0) is 20.0. The van der Waals surface area contributed by atoms with Crippen molar-refractivity contribution >= 4 is 23.6 Å². The van der Waals surface area contributed by atoms with Crippen molar-refractivity contribution in [3.63, 3.8) is 0 Å². The highest BCUT2D eigenvalue weighted by Gasteiger charge is 2.54. The van der Waals surface area contributed by atoms with Gasteiger partial charge < -0.3 is 14.7 Å². The molecule has 0 bridgehead atoms. The highest BCUT2D eigenvalue weighted by Crippen LogP contribution is 2.34. The summed E-state index contributed by atoms with van der Waals surface area (Å²) in [6, 6.07) is 5.75. The van der Waals surface area contributed by atoms with Gasteiger partial charge in [-0.3, -0.25) is 9.69 Å². The molecule has 2 fully saturated rings. The number of hydrogen-bond donors (Lipinski definition) is 0. The van der Waals surface area contributed by atoms with Gasteiger partial charge in [0.2, 0.25) is 5.96 Å². The van der Waals surface area contributed by atoms with Crippen LogP contribution < -0.4 is 4.90 Å². The van der Waals surface area contributed by atoms with Crippen LogP contribution in [0, 0.1) is 13.8 Å². The van der Waals surface area contributed by atoms with Crippen LogP contribution in [-0.4, -0.2) is 71.5 Å². The van der Waals surface area contributed by atoms with E-state index in [1.165, 1.54) is 16.0 Å². The lowest BCUT2D eigenvalue weighted by Crippen LogP contribution is -2.64. The molecule has 7 nitrogen and oxygen atoms in total. The van der Waals surface area contributed by atoms with E-state index in [1.807, 2.05) is 0 Å². The Kier molecular flexibility index (Phi) is 4.77. The Balaban J connectivity index is 1.62. The van der Waals surface area contributed by atoms with E-state index in [0.29, 0.717) is 6.54 Å². The molecule has 1 aromatic carbocycles.